The van der Waals surface area contributed by atoms with Crippen LogP contribution in [0.4, 0.5) is 5.69 Å². The van der Waals surface area contributed by atoms with Crippen LogP contribution >= 0.6 is 11.8 Å². The average Bonchev–Trinajstić information content (AvgIpc) is 3.40. The van der Waals surface area contributed by atoms with Crippen LogP contribution in [0.15, 0.2) is 47.5 Å². The molecule has 0 bridgehead atoms. The number of amides is 1. The third kappa shape index (κ3) is 4.51. The van der Waals surface area contributed by atoms with Crippen molar-refractivity contribution in [3.05, 3.63) is 48.4 Å². The quantitative estimate of drug-likeness (QED) is 0.410. The van der Waals surface area contributed by atoms with Gasteiger partial charge in [-0.3, -0.25) is 9.78 Å². The highest BCUT2D eigenvalue weighted by Gasteiger charge is 2.65. The van der Waals surface area contributed by atoms with Gasteiger partial charge in [0.1, 0.15) is 11.5 Å². The van der Waals surface area contributed by atoms with Crippen molar-refractivity contribution in [3.63, 3.8) is 0 Å². The predicted molar refractivity (Wildman–Crippen MR) is 140 cm³/mol. The van der Waals surface area contributed by atoms with Crippen LogP contribution in [-0.2, 0) is 4.79 Å². The van der Waals surface area contributed by atoms with E-state index in [1.807, 2.05) is 41.2 Å². The summed E-state index contributed by atoms with van der Waals surface area (Å²) in [6.45, 7) is 8.14. The van der Waals surface area contributed by atoms with Gasteiger partial charge in [0.15, 0.2) is 5.82 Å². The number of aromatic nitrogens is 4. The molecule has 0 aliphatic heterocycles. The Balaban J connectivity index is 1.31. The number of nitrogens with one attached hydrogen (secondary N) is 1. The minimum atomic E-state index is -0.0843. The van der Waals surface area contributed by atoms with E-state index in [4.69, 9.17) is 15.1 Å². The highest BCUT2D eigenvalue weighted by Crippen LogP contribution is 2.76. The lowest BCUT2D eigenvalue weighted by Gasteiger charge is -2.58. The van der Waals surface area contributed by atoms with Gasteiger partial charge in [-0.1, -0.05) is 26.8 Å². The molecule has 182 valence electrons. The van der Waals surface area contributed by atoms with Gasteiger partial charge in [0.05, 0.1) is 5.69 Å². The molecule has 3 aliphatic carbocycles. The van der Waals surface area contributed by atoms with Crippen LogP contribution in [0.3, 0.4) is 0 Å². The van der Waals surface area contributed by atoms with Crippen LogP contribution in [0.1, 0.15) is 78.0 Å². The standard InChI is InChI=1S/C28H33N5OS/c1-18(34)30-20-6-5-7-21(12-20)33-25(19-13-28(14-19)16-27(17-28)10-11-27)31-24(32-33)23-9-8-22(15-29-23)35-26(2,3)4/h5-9,12,15,19H,10-11,13-14,16-17H2,1-4H3,(H,30,34). The summed E-state index contributed by atoms with van der Waals surface area (Å²) in [4.78, 5) is 22.5. The fourth-order valence-corrected chi connectivity index (χ4v) is 7.21. The Morgan fingerprint density at radius 1 is 1.11 bits per heavy atom. The van der Waals surface area contributed by atoms with Crippen molar-refractivity contribution in [1.82, 2.24) is 19.7 Å². The number of nitrogens with zero attached hydrogens (tertiary/aromatic N) is 4. The van der Waals surface area contributed by atoms with E-state index in [2.05, 4.69) is 32.2 Å². The topological polar surface area (TPSA) is 72.7 Å². The summed E-state index contributed by atoms with van der Waals surface area (Å²) in [5.74, 6) is 1.99. The van der Waals surface area contributed by atoms with E-state index in [9.17, 15) is 4.79 Å². The van der Waals surface area contributed by atoms with Crippen molar-refractivity contribution in [3.8, 4) is 17.2 Å². The lowest BCUT2D eigenvalue weighted by molar-refractivity contribution is -0.114. The zero-order valence-electron chi connectivity index (χ0n) is 21.0. The Hall–Kier alpha value is -2.67. The van der Waals surface area contributed by atoms with Gasteiger partial charge in [-0.15, -0.1) is 16.9 Å². The van der Waals surface area contributed by atoms with Crippen molar-refractivity contribution in [1.29, 1.82) is 0 Å². The van der Waals surface area contributed by atoms with Crippen LogP contribution < -0.4 is 5.32 Å². The first-order valence-corrected chi connectivity index (χ1v) is 13.4. The first-order chi connectivity index (χ1) is 16.6. The van der Waals surface area contributed by atoms with Gasteiger partial charge in [0.2, 0.25) is 5.91 Å². The molecular formula is C28H33N5OS. The monoisotopic (exact) mass is 487 g/mol. The molecule has 3 aromatic rings. The van der Waals surface area contributed by atoms with Crippen molar-refractivity contribution < 1.29 is 4.79 Å². The van der Waals surface area contributed by atoms with Crippen molar-refractivity contribution >= 4 is 23.4 Å². The molecule has 0 saturated heterocycles. The second-order valence-electron chi connectivity index (χ2n) is 12.0. The van der Waals surface area contributed by atoms with E-state index in [1.54, 1.807) is 11.8 Å². The summed E-state index contributed by atoms with van der Waals surface area (Å²) in [6.07, 6.45) is 10.0. The Morgan fingerprint density at radius 3 is 2.51 bits per heavy atom. The molecule has 2 heterocycles. The number of anilines is 1. The molecule has 2 spiro atoms. The Kier molecular flexibility index (Phi) is 5.15. The molecule has 1 N–H and O–H groups in total. The number of thioether (sulfide) groups is 1. The maximum atomic E-state index is 11.6. The van der Waals surface area contributed by atoms with Crippen molar-refractivity contribution in [2.75, 3.05) is 5.32 Å². The average molecular weight is 488 g/mol. The Bertz CT molecular complexity index is 1270. The third-order valence-electron chi connectivity index (χ3n) is 7.61. The van der Waals surface area contributed by atoms with E-state index >= 15 is 0 Å². The first kappa shape index (κ1) is 22.8. The second kappa shape index (κ2) is 7.92. The van der Waals surface area contributed by atoms with E-state index in [0.29, 0.717) is 22.6 Å². The Labute approximate surface area is 211 Å². The molecule has 7 heteroatoms. The van der Waals surface area contributed by atoms with Gasteiger partial charge >= 0.3 is 0 Å². The fraction of sp³-hybridized carbons (Fsp3) is 0.500. The molecule has 6 rings (SSSR count). The van der Waals surface area contributed by atoms with E-state index in [1.165, 1.54) is 45.4 Å². The molecule has 0 unspecified atom stereocenters. The molecule has 3 fully saturated rings. The number of pyridine rings is 1. The molecule has 2 aromatic heterocycles. The molecule has 35 heavy (non-hydrogen) atoms. The summed E-state index contributed by atoms with van der Waals surface area (Å²) in [5.41, 5.74) is 3.72. The van der Waals surface area contributed by atoms with Gasteiger partial charge in [-0.25, -0.2) is 9.67 Å². The van der Waals surface area contributed by atoms with Crippen LogP contribution in [-0.4, -0.2) is 30.4 Å². The van der Waals surface area contributed by atoms with Crippen LogP contribution in [0.5, 0.6) is 0 Å². The largest absolute Gasteiger partial charge is 0.326 e. The van der Waals surface area contributed by atoms with E-state index in [0.717, 1.165) is 27.8 Å². The summed E-state index contributed by atoms with van der Waals surface area (Å²) >= 11 is 1.80. The smallest absolute Gasteiger partial charge is 0.221 e. The van der Waals surface area contributed by atoms with Crippen LogP contribution in [0.2, 0.25) is 0 Å². The molecule has 3 saturated carbocycles. The van der Waals surface area contributed by atoms with Gasteiger partial charge in [-0.05, 0) is 79.7 Å². The van der Waals surface area contributed by atoms with Crippen LogP contribution in [0.25, 0.3) is 17.2 Å². The van der Waals surface area contributed by atoms with Crippen molar-refractivity contribution in [2.45, 2.75) is 81.8 Å². The van der Waals surface area contributed by atoms with Gasteiger partial charge in [0, 0.05) is 34.4 Å². The van der Waals surface area contributed by atoms with Crippen molar-refractivity contribution in [2.24, 2.45) is 10.8 Å². The summed E-state index contributed by atoms with van der Waals surface area (Å²) in [6, 6.07) is 12.0. The van der Waals surface area contributed by atoms with Crippen LogP contribution in [0, 0.1) is 10.8 Å². The SMILES string of the molecule is CC(=O)Nc1cccc(-n2nc(-c3ccc(SC(C)(C)C)cn3)nc2C2CC3(C2)CC2(CC2)C3)c1. The van der Waals surface area contributed by atoms with E-state index in [-0.39, 0.29) is 10.7 Å². The highest BCUT2D eigenvalue weighted by molar-refractivity contribution is 8.00. The molecular weight excluding hydrogens is 454 g/mol. The first-order valence-electron chi connectivity index (χ1n) is 12.6. The number of benzene rings is 1. The molecule has 3 aliphatic rings. The maximum Gasteiger partial charge on any atom is 0.221 e. The number of hydrogen-bond acceptors (Lipinski definition) is 5. The zero-order valence-corrected chi connectivity index (χ0v) is 21.8. The number of carbonyl (C=O) groups is 1. The normalized spacial score (nSPS) is 19.9. The number of carbonyl (C=O) groups excluding carboxylic acids is 1. The van der Waals surface area contributed by atoms with Gasteiger partial charge in [-0.2, -0.15) is 0 Å². The lowest BCUT2D eigenvalue weighted by atomic mass is 9.46. The molecule has 0 atom stereocenters. The third-order valence-corrected chi connectivity index (χ3v) is 8.70. The molecule has 6 nitrogen and oxygen atoms in total. The molecule has 0 radical (unpaired) electrons. The van der Waals surface area contributed by atoms with Gasteiger partial charge < -0.3 is 5.32 Å². The maximum absolute atomic E-state index is 11.6. The predicted octanol–water partition coefficient (Wildman–Crippen LogP) is 6.62. The molecule has 1 amide bonds. The summed E-state index contributed by atoms with van der Waals surface area (Å²) in [7, 11) is 0. The van der Waals surface area contributed by atoms with Gasteiger partial charge in [0.25, 0.3) is 0 Å². The number of hydrogen-bond donors (Lipinski definition) is 1. The molecule has 1 aromatic carbocycles. The Morgan fingerprint density at radius 2 is 1.89 bits per heavy atom. The second-order valence-corrected chi connectivity index (χ2v) is 13.9. The highest BCUT2D eigenvalue weighted by atomic mass is 32.2. The summed E-state index contributed by atoms with van der Waals surface area (Å²) in [5, 5.41) is 7.82. The zero-order chi connectivity index (χ0) is 24.4. The summed E-state index contributed by atoms with van der Waals surface area (Å²) < 4.78 is 2.11. The lowest BCUT2D eigenvalue weighted by Crippen LogP contribution is -2.48. The minimum absolute atomic E-state index is 0.0843. The fourth-order valence-electron chi connectivity index (χ4n) is 6.26. The van der Waals surface area contributed by atoms with E-state index < -0.39 is 0 Å². The number of rotatable bonds is 5. The minimum Gasteiger partial charge on any atom is -0.326 e.